The van der Waals surface area contributed by atoms with Crippen LogP contribution in [-0.4, -0.2) is 17.5 Å². The molecule has 0 atom stereocenters. The van der Waals surface area contributed by atoms with Crippen molar-refractivity contribution in [3.05, 3.63) is 77.2 Å². The molecule has 26 heavy (non-hydrogen) atoms. The fraction of sp³-hybridized carbons (Fsp3) is 0.200. The molecule has 1 aromatic heterocycles. The summed E-state index contributed by atoms with van der Waals surface area (Å²) in [5.74, 6) is -0.789. The molecule has 1 aliphatic carbocycles. The van der Waals surface area contributed by atoms with Gasteiger partial charge in [-0.15, -0.1) is 0 Å². The van der Waals surface area contributed by atoms with E-state index < -0.39 is 15.8 Å². The summed E-state index contributed by atoms with van der Waals surface area (Å²) in [7, 11) is -4.13. The largest absolute Gasteiger partial charge is 0.392 e. The van der Waals surface area contributed by atoms with Crippen molar-refractivity contribution < 1.29 is 17.9 Å². The van der Waals surface area contributed by atoms with E-state index in [0.29, 0.717) is 17.7 Å². The van der Waals surface area contributed by atoms with E-state index in [1.54, 1.807) is 0 Å². The number of aliphatic hydroxyl groups excluding tert-OH is 1. The van der Waals surface area contributed by atoms with E-state index in [1.165, 1.54) is 24.4 Å². The Kier molecular flexibility index (Phi) is 4.17. The van der Waals surface area contributed by atoms with E-state index in [1.807, 2.05) is 24.3 Å². The first-order valence-corrected chi connectivity index (χ1v) is 9.90. The van der Waals surface area contributed by atoms with Crippen LogP contribution >= 0.6 is 0 Å². The Balaban J connectivity index is 2.04. The standard InChI is InChI=1S/C20H18FNO3S/c21-18-10-3-4-11-19(18)26(24,25)22-12-15(13-23)17-9-5-7-14-6-1-2-8-16(14)20(17)22/h1-4,6,8,10-12,23H,5,7,9,13H2. The molecule has 0 spiro atoms. The Labute approximate surface area is 151 Å². The van der Waals surface area contributed by atoms with Crippen LogP contribution < -0.4 is 0 Å². The maximum Gasteiger partial charge on any atom is 0.271 e. The minimum absolute atomic E-state index is 0.260. The van der Waals surface area contributed by atoms with Gasteiger partial charge in [-0.25, -0.2) is 16.8 Å². The van der Waals surface area contributed by atoms with Gasteiger partial charge in [-0.3, -0.25) is 0 Å². The number of aliphatic hydroxyl groups is 1. The van der Waals surface area contributed by atoms with E-state index in [4.69, 9.17) is 0 Å². The summed E-state index contributed by atoms with van der Waals surface area (Å²) in [5.41, 5.74) is 3.79. The van der Waals surface area contributed by atoms with Gasteiger partial charge in [0.25, 0.3) is 10.0 Å². The van der Waals surface area contributed by atoms with Crippen LogP contribution in [0.15, 0.2) is 59.6 Å². The quantitative estimate of drug-likeness (QED) is 0.766. The average Bonchev–Trinajstić information content (AvgIpc) is 2.91. The first-order chi connectivity index (χ1) is 12.5. The molecule has 3 aromatic rings. The number of fused-ring (bicyclic) bond motifs is 3. The molecule has 1 aliphatic rings. The third-order valence-electron chi connectivity index (χ3n) is 4.86. The van der Waals surface area contributed by atoms with Crippen molar-refractivity contribution in [3.8, 4) is 11.3 Å². The Morgan fingerprint density at radius 3 is 2.54 bits per heavy atom. The Bertz CT molecular complexity index is 1090. The molecule has 0 fully saturated rings. The number of aromatic nitrogens is 1. The zero-order valence-corrected chi connectivity index (χ0v) is 14.8. The van der Waals surface area contributed by atoms with Gasteiger partial charge in [0.1, 0.15) is 10.7 Å². The second-order valence-corrected chi connectivity index (χ2v) is 8.16. The summed E-state index contributed by atoms with van der Waals surface area (Å²) in [6, 6.07) is 13.0. The molecule has 0 saturated heterocycles. The molecular weight excluding hydrogens is 353 g/mol. The van der Waals surface area contributed by atoms with Crippen LogP contribution in [0.5, 0.6) is 0 Å². The van der Waals surface area contributed by atoms with Crippen LogP contribution in [-0.2, 0) is 29.5 Å². The molecule has 2 aromatic carbocycles. The molecule has 6 heteroatoms. The Hall–Kier alpha value is -2.44. The van der Waals surface area contributed by atoms with Crippen LogP contribution in [0.4, 0.5) is 4.39 Å². The molecule has 0 saturated carbocycles. The first kappa shape index (κ1) is 17.0. The summed E-state index contributed by atoms with van der Waals surface area (Å²) in [6.45, 7) is -0.260. The van der Waals surface area contributed by atoms with Crippen LogP contribution in [0.3, 0.4) is 0 Å². The van der Waals surface area contributed by atoms with Gasteiger partial charge < -0.3 is 5.11 Å². The molecule has 134 valence electrons. The molecule has 4 nitrogen and oxygen atoms in total. The van der Waals surface area contributed by atoms with Gasteiger partial charge in [-0.05, 0) is 42.5 Å². The molecule has 0 amide bonds. The van der Waals surface area contributed by atoms with E-state index in [9.17, 15) is 17.9 Å². The first-order valence-electron chi connectivity index (χ1n) is 8.46. The number of halogens is 1. The summed E-state index contributed by atoms with van der Waals surface area (Å²) in [4.78, 5) is -0.371. The highest BCUT2D eigenvalue weighted by molar-refractivity contribution is 7.90. The number of benzene rings is 2. The molecule has 1 heterocycles. The second kappa shape index (κ2) is 6.37. The highest BCUT2D eigenvalue weighted by atomic mass is 32.2. The van der Waals surface area contributed by atoms with Crippen LogP contribution in [0.2, 0.25) is 0 Å². The molecule has 0 radical (unpaired) electrons. The van der Waals surface area contributed by atoms with Crippen molar-refractivity contribution in [2.75, 3.05) is 0 Å². The third kappa shape index (κ3) is 2.57. The van der Waals surface area contributed by atoms with Crippen molar-refractivity contribution in [1.82, 2.24) is 3.97 Å². The van der Waals surface area contributed by atoms with Crippen molar-refractivity contribution >= 4 is 10.0 Å². The summed E-state index contributed by atoms with van der Waals surface area (Å²) in [5, 5.41) is 9.76. The zero-order chi connectivity index (χ0) is 18.3. The summed E-state index contributed by atoms with van der Waals surface area (Å²) < 4.78 is 41.8. The van der Waals surface area contributed by atoms with E-state index in [2.05, 4.69) is 0 Å². The van der Waals surface area contributed by atoms with Gasteiger partial charge in [-0.1, -0.05) is 36.4 Å². The highest BCUT2D eigenvalue weighted by Crippen LogP contribution is 2.37. The van der Waals surface area contributed by atoms with E-state index in [-0.39, 0.29) is 11.5 Å². The summed E-state index contributed by atoms with van der Waals surface area (Å²) >= 11 is 0. The molecule has 0 unspecified atom stereocenters. The van der Waals surface area contributed by atoms with Crippen molar-refractivity contribution in [3.63, 3.8) is 0 Å². The topological polar surface area (TPSA) is 59.3 Å². The monoisotopic (exact) mass is 371 g/mol. The lowest BCUT2D eigenvalue weighted by molar-refractivity contribution is 0.281. The molecule has 4 rings (SSSR count). The third-order valence-corrected chi connectivity index (χ3v) is 6.55. The molecular formula is C20H18FNO3S. The number of hydrogen-bond donors (Lipinski definition) is 1. The predicted octanol–water partition coefficient (Wildman–Crippen LogP) is 3.51. The van der Waals surface area contributed by atoms with E-state index >= 15 is 0 Å². The van der Waals surface area contributed by atoms with E-state index in [0.717, 1.165) is 39.6 Å². The lowest BCUT2D eigenvalue weighted by Crippen LogP contribution is -2.15. The maximum absolute atomic E-state index is 14.2. The normalized spacial score (nSPS) is 13.8. The minimum Gasteiger partial charge on any atom is -0.392 e. The minimum atomic E-state index is -4.13. The van der Waals surface area contributed by atoms with Gasteiger partial charge in [0.15, 0.2) is 0 Å². The van der Waals surface area contributed by atoms with Gasteiger partial charge in [0, 0.05) is 17.3 Å². The summed E-state index contributed by atoms with van der Waals surface area (Å²) in [6.07, 6.45) is 3.78. The number of rotatable bonds is 3. The molecule has 1 N–H and O–H groups in total. The zero-order valence-electron chi connectivity index (χ0n) is 14.0. The van der Waals surface area contributed by atoms with Gasteiger partial charge in [-0.2, -0.15) is 0 Å². The lowest BCUT2D eigenvalue weighted by atomic mass is 10.0. The highest BCUT2D eigenvalue weighted by Gasteiger charge is 2.29. The lowest BCUT2D eigenvalue weighted by Gasteiger charge is -2.14. The molecule has 0 bridgehead atoms. The number of hydrogen-bond acceptors (Lipinski definition) is 3. The number of nitrogens with zero attached hydrogens (tertiary/aromatic N) is 1. The van der Waals surface area contributed by atoms with Crippen molar-refractivity contribution in [1.29, 1.82) is 0 Å². The fourth-order valence-electron chi connectivity index (χ4n) is 3.64. The predicted molar refractivity (Wildman–Crippen MR) is 96.8 cm³/mol. The maximum atomic E-state index is 14.2. The van der Waals surface area contributed by atoms with Crippen LogP contribution in [0.25, 0.3) is 11.3 Å². The van der Waals surface area contributed by atoms with Gasteiger partial charge in [0.2, 0.25) is 0 Å². The smallest absolute Gasteiger partial charge is 0.271 e. The van der Waals surface area contributed by atoms with Gasteiger partial charge >= 0.3 is 0 Å². The molecule has 0 aliphatic heterocycles. The average molecular weight is 371 g/mol. The van der Waals surface area contributed by atoms with Crippen LogP contribution in [0, 0.1) is 5.82 Å². The SMILES string of the molecule is O=S(=O)(c1ccccc1F)n1cc(CO)c2c1-c1ccccc1CCC2. The number of aryl methyl sites for hydroxylation is 1. The van der Waals surface area contributed by atoms with Crippen molar-refractivity contribution in [2.45, 2.75) is 30.8 Å². The van der Waals surface area contributed by atoms with Crippen molar-refractivity contribution in [2.24, 2.45) is 0 Å². The van der Waals surface area contributed by atoms with Gasteiger partial charge in [0.05, 0.1) is 12.3 Å². The fourth-order valence-corrected chi connectivity index (χ4v) is 5.13. The van der Waals surface area contributed by atoms with Crippen LogP contribution in [0.1, 0.15) is 23.1 Å². The Morgan fingerprint density at radius 2 is 1.77 bits per heavy atom. The second-order valence-electron chi connectivity index (χ2n) is 6.38. The Morgan fingerprint density at radius 1 is 1.04 bits per heavy atom.